The van der Waals surface area contributed by atoms with Crippen LogP contribution in [0.3, 0.4) is 0 Å². The molecule has 0 spiro atoms. The summed E-state index contributed by atoms with van der Waals surface area (Å²) in [6.07, 6.45) is 12.2. The van der Waals surface area contributed by atoms with Crippen LogP contribution in [0.4, 0.5) is 0 Å². The standard InChI is InChI=1S/C9H14O/c1-2-4-6-8-9(10-8)7-5-3-1/h2,4,8-9H,1,3,5-7H2/b4-2-. The fraction of sp³-hybridized carbons (Fsp3) is 0.778. The zero-order valence-electron chi connectivity index (χ0n) is 6.25. The van der Waals surface area contributed by atoms with Gasteiger partial charge in [0.2, 0.25) is 0 Å². The predicted molar refractivity (Wildman–Crippen MR) is 40.9 cm³/mol. The summed E-state index contributed by atoms with van der Waals surface area (Å²) < 4.78 is 5.44. The summed E-state index contributed by atoms with van der Waals surface area (Å²) in [4.78, 5) is 0. The minimum atomic E-state index is 0.592. The summed E-state index contributed by atoms with van der Waals surface area (Å²) in [6, 6.07) is 0. The van der Waals surface area contributed by atoms with Gasteiger partial charge in [0.05, 0.1) is 12.2 Å². The molecule has 1 heteroatoms. The van der Waals surface area contributed by atoms with E-state index in [2.05, 4.69) is 12.2 Å². The summed E-state index contributed by atoms with van der Waals surface area (Å²) >= 11 is 0. The minimum Gasteiger partial charge on any atom is -0.369 e. The molecule has 10 heavy (non-hydrogen) atoms. The van der Waals surface area contributed by atoms with Crippen LogP contribution in [-0.2, 0) is 4.74 Å². The molecule has 0 aromatic carbocycles. The molecule has 0 amide bonds. The zero-order valence-corrected chi connectivity index (χ0v) is 6.25. The maximum atomic E-state index is 5.44. The molecule has 1 aliphatic carbocycles. The highest BCUT2D eigenvalue weighted by Gasteiger charge is 2.36. The van der Waals surface area contributed by atoms with Crippen LogP contribution in [0.25, 0.3) is 0 Å². The van der Waals surface area contributed by atoms with E-state index in [4.69, 9.17) is 4.74 Å². The van der Waals surface area contributed by atoms with Gasteiger partial charge < -0.3 is 4.74 Å². The first-order chi connectivity index (χ1) is 4.97. The zero-order chi connectivity index (χ0) is 6.81. The molecule has 0 radical (unpaired) electrons. The molecule has 56 valence electrons. The molecule has 1 saturated heterocycles. The first kappa shape index (κ1) is 6.41. The first-order valence-corrected chi connectivity index (χ1v) is 4.27. The third-order valence-electron chi connectivity index (χ3n) is 2.33. The Morgan fingerprint density at radius 1 is 1.10 bits per heavy atom. The number of epoxide rings is 1. The monoisotopic (exact) mass is 138 g/mol. The van der Waals surface area contributed by atoms with Crippen LogP contribution in [0.1, 0.15) is 32.1 Å². The largest absolute Gasteiger partial charge is 0.369 e. The van der Waals surface area contributed by atoms with Crippen molar-refractivity contribution in [3.63, 3.8) is 0 Å². The van der Waals surface area contributed by atoms with Gasteiger partial charge in [-0.2, -0.15) is 0 Å². The third kappa shape index (κ3) is 1.40. The number of hydrogen-bond acceptors (Lipinski definition) is 1. The molecule has 0 N–H and O–H groups in total. The Morgan fingerprint density at radius 3 is 3.10 bits per heavy atom. The van der Waals surface area contributed by atoms with E-state index in [-0.39, 0.29) is 0 Å². The van der Waals surface area contributed by atoms with Gasteiger partial charge in [-0.15, -0.1) is 0 Å². The van der Waals surface area contributed by atoms with E-state index < -0.39 is 0 Å². The smallest absolute Gasteiger partial charge is 0.0876 e. The van der Waals surface area contributed by atoms with Crippen LogP contribution in [-0.4, -0.2) is 12.2 Å². The molecule has 0 bridgehead atoms. The molecule has 2 aliphatic rings. The SMILES string of the molecule is C1=C\CC2OC2CCCC/1. The van der Waals surface area contributed by atoms with Gasteiger partial charge in [0.25, 0.3) is 0 Å². The Kier molecular flexibility index (Phi) is 1.76. The summed E-state index contributed by atoms with van der Waals surface area (Å²) in [5.41, 5.74) is 0. The van der Waals surface area contributed by atoms with Crippen molar-refractivity contribution in [2.24, 2.45) is 0 Å². The Hall–Kier alpha value is -0.300. The van der Waals surface area contributed by atoms with Crippen molar-refractivity contribution in [2.45, 2.75) is 44.3 Å². The van der Waals surface area contributed by atoms with Crippen molar-refractivity contribution < 1.29 is 4.74 Å². The number of hydrogen-bond donors (Lipinski definition) is 0. The van der Waals surface area contributed by atoms with Gasteiger partial charge in [0.15, 0.2) is 0 Å². The number of allylic oxidation sites excluding steroid dienone is 1. The summed E-state index contributed by atoms with van der Waals surface area (Å²) in [5, 5.41) is 0. The fourth-order valence-corrected chi connectivity index (χ4v) is 1.60. The van der Waals surface area contributed by atoms with E-state index in [9.17, 15) is 0 Å². The Balaban J connectivity index is 1.87. The van der Waals surface area contributed by atoms with E-state index in [0.29, 0.717) is 12.2 Å². The molecule has 0 saturated carbocycles. The lowest BCUT2D eigenvalue weighted by Crippen LogP contribution is -1.90. The van der Waals surface area contributed by atoms with Crippen molar-refractivity contribution in [2.75, 3.05) is 0 Å². The van der Waals surface area contributed by atoms with E-state index in [0.717, 1.165) is 6.42 Å². The van der Waals surface area contributed by atoms with Gasteiger partial charge in [0.1, 0.15) is 0 Å². The van der Waals surface area contributed by atoms with Crippen LogP contribution in [0.2, 0.25) is 0 Å². The molecular weight excluding hydrogens is 124 g/mol. The lowest BCUT2D eigenvalue weighted by atomic mass is 10.1. The maximum Gasteiger partial charge on any atom is 0.0876 e. The maximum absolute atomic E-state index is 5.44. The van der Waals surface area contributed by atoms with Crippen molar-refractivity contribution in [3.8, 4) is 0 Å². The van der Waals surface area contributed by atoms with Crippen molar-refractivity contribution >= 4 is 0 Å². The van der Waals surface area contributed by atoms with E-state index in [1.165, 1.54) is 25.7 Å². The molecule has 0 aromatic heterocycles. The van der Waals surface area contributed by atoms with Crippen LogP contribution >= 0.6 is 0 Å². The second-order valence-electron chi connectivity index (χ2n) is 3.20. The highest BCUT2D eigenvalue weighted by molar-refractivity contribution is 4.95. The van der Waals surface area contributed by atoms with Crippen LogP contribution in [0.5, 0.6) is 0 Å². The fourth-order valence-electron chi connectivity index (χ4n) is 1.60. The van der Waals surface area contributed by atoms with Crippen molar-refractivity contribution in [1.29, 1.82) is 0 Å². The molecule has 2 unspecified atom stereocenters. The normalized spacial score (nSPS) is 42.4. The summed E-state index contributed by atoms with van der Waals surface area (Å²) in [6.45, 7) is 0. The summed E-state index contributed by atoms with van der Waals surface area (Å²) in [7, 11) is 0. The molecule has 2 rings (SSSR count). The highest BCUT2D eigenvalue weighted by atomic mass is 16.6. The van der Waals surface area contributed by atoms with Gasteiger partial charge in [0, 0.05) is 0 Å². The molecule has 1 fully saturated rings. The quantitative estimate of drug-likeness (QED) is 0.369. The second-order valence-corrected chi connectivity index (χ2v) is 3.20. The van der Waals surface area contributed by atoms with Crippen molar-refractivity contribution in [1.82, 2.24) is 0 Å². The number of fused-ring (bicyclic) bond motifs is 1. The topological polar surface area (TPSA) is 12.5 Å². The Labute approximate surface area is 62.1 Å². The average Bonchev–Trinajstić information content (AvgIpc) is 2.66. The Morgan fingerprint density at radius 2 is 2.10 bits per heavy atom. The Bertz CT molecular complexity index is 140. The number of ether oxygens (including phenoxy) is 1. The van der Waals surface area contributed by atoms with E-state index in [1.54, 1.807) is 0 Å². The molecule has 1 aliphatic heterocycles. The molecule has 1 nitrogen and oxygen atoms in total. The van der Waals surface area contributed by atoms with Gasteiger partial charge in [-0.05, 0) is 25.7 Å². The lowest BCUT2D eigenvalue weighted by molar-refractivity contribution is 0.358. The van der Waals surface area contributed by atoms with Gasteiger partial charge in [-0.1, -0.05) is 18.6 Å². The predicted octanol–water partition coefficient (Wildman–Crippen LogP) is 2.27. The van der Waals surface area contributed by atoms with Gasteiger partial charge >= 0.3 is 0 Å². The molecule has 0 aromatic rings. The van der Waals surface area contributed by atoms with Crippen LogP contribution < -0.4 is 0 Å². The van der Waals surface area contributed by atoms with Gasteiger partial charge in [-0.3, -0.25) is 0 Å². The highest BCUT2D eigenvalue weighted by Crippen LogP contribution is 2.31. The van der Waals surface area contributed by atoms with Crippen molar-refractivity contribution in [3.05, 3.63) is 12.2 Å². The number of rotatable bonds is 0. The third-order valence-corrected chi connectivity index (χ3v) is 2.33. The summed E-state index contributed by atoms with van der Waals surface area (Å²) in [5.74, 6) is 0. The van der Waals surface area contributed by atoms with E-state index in [1.807, 2.05) is 0 Å². The van der Waals surface area contributed by atoms with Crippen LogP contribution in [0.15, 0.2) is 12.2 Å². The average molecular weight is 138 g/mol. The molecule has 2 atom stereocenters. The first-order valence-electron chi connectivity index (χ1n) is 4.27. The van der Waals surface area contributed by atoms with Gasteiger partial charge in [-0.25, -0.2) is 0 Å². The minimum absolute atomic E-state index is 0.592. The van der Waals surface area contributed by atoms with E-state index >= 15 is 0 Å². The molecular formula is C9H14O. The lowest BCUT2D eigenvalue weighted by Gasteiger charge is -1.91. The second kappa shape index (κ2) is 2.75. The van der Waals surface area contributed by atoms with Crippen LogP contribution in [0, 0.1) is 0 Å². The molecule has 1 heterocycles.